The van der Waals surface area contributed by atoms with Crippen molar-refractivity contribution < 1.29 is 26.4 Å². The van der Waals surface area contributed by atoms with Gasteiger partial charge in [-0.25, -0.2) is 13.4 Å². The molecular formula is C15H14F3N3O4S. The van der Waals surface area contributed by atoms with E-state index in [-0.39, 0.29) is 0 Å². The van der Waals surface area contributed by atoms with Gasteiger partial charge in [-0.1, -0.05) is 12.1 Å². The van der Waals surface area contributed by atoms with Gasteiger partial charge in [0.05, 0.1) is 11.6 Å². The van der Waals surface area contributed by atoms with Gasteiger partial charge < -0.3 is 5.32 Å². The molecule has 11 heteroatoms. The molecule has 0 radical (unpaired) electrons. The van der Waals surface area contributed by atoms with Gasteiger partial charge in [-0.15, -0.1) is 0 Å². The fourth-order valence-electron chi connectivity index (χ4n) is 2.04. The molecule has 2 aromatic rings. The zero-order chi connectivity index (χ0) is 19.7. The fourth-order valence-corrected chi connectivity index (χ4v) is 2.59. The van der Waals surface area contributed by atoms with E-state index in [9.17, 15) is 31.2 Å². The summed E-state index contributed by atoms with van der Waals surface area (Å²) in [5.74, 6) is -0.839. The Bertz CT molecular complexity index is 982. The summed E-state index contributed by atoms with van der Waals surface area (Å²) in [6.07, 6.45) is -3.65. The summed E-state index contributed by atoms with van der Waals surface area (Å²) in [7, 11) is -3.83. The fraction of sp³-hybridized carbons (Fsp3) is 0.267. The minimum atomic E-state index is -4.47. The summed E-state index contributed by atoms with van der Waals surface area (Å²) < 4.78 is 60.6. The lowest BCUT2D eigenvalue weighted by atomic mass is 10.1. The van der Waals surface area contributed by atoms with Gasteiger partial charge >= 0.3 is 6.18 Å². The molecule has 1 aromatic carbocycles. The van der Waals surface area contributed by atoms with E-state index in [0.717, 1.165) is 24.5 Å². The number of alkyl halides is 3. The van der Waals surface area contributed by atoms with E-state index in [2.05, 4.69) is 10.3 Å². The Hall–Kier alpha value is -2.69. The zero-order valence-corrected chi connectivity index (χ0v) is 14.4. The van der Waals surface area contributed by atoms with E-state index in [4.69, 9.17) is 0 Å². The summed E-state index contributed by atoms with van der Waals surface area (Å²) >= 11 is 0. The number of H-pyrrole nitrogens is 1. The monoisotopic (exact) mass is 389 g/mol. The molecule has 0 fully saturated rings. The number of carbonyl (C=O) groups excluding carboxylic acids is 1. The predicted molar refractivity (Wildman–Crippen MR) is 85.3 cm³/mol. The van der Waals surface area contributed by atoms with Gasteiger partial charge in [0.25, 0.3) is 11.5 Å². The van der Waals surface area contributed by atoms with Crippen LogP contribution in [-0.2, 0) is 16.0 Å². The van der Waals surface area contributed by atoms with Crippen molar-refractivity contribution in [2.45, 2.75) is 24.3 Å². The highest BCUT2D eigenvalue weighted by molar-refractivity contribution is 7.90. The Morgan fingerprint density at radius 2 is 1.81 bits per heavy atom. The quantitative estimate of drug-likeness (QED) is 0.774. The maximum Gasteiger partial charge on any atom is 0.416 e. The largest absolute Gasteiger partial charge is 0.416 e. The van der Waals surface area contributed by atoms with Crippen LogP contribution in [0.15, 0.2) is 40.3 Å². The third-order valence-electron chi connectivity index (χ3n) is 3.39. The maximum absolute atomic E-state index is 12.6. The van der Waals surface area contributed by atoms with Gasteiger partial charge in [0.2, 0.25) is 15.0 Å². The third kappa shape index (κ3) is 4.69. The van der Waals surface area contributed by atoms with Gasteiger partial charge in [-0.2, -0.15) is 13.2 Å². The zero-order valence-electron chi connectivity index (χ0n) is 13.6. The van der Waals surface area contributed by atoms with Crippen LogP contribution in [0.5, 0.6) is 0 Å². The highest BCUT2D eigenvalue weighted by atomic mass is 32.2. The van der Waals surface area contributed by atoms with E-state index in [1.807, 2.05) is 4.98 Å². The van der Waals surface area contributed by atoms with Crippen LogP contribution < -0.4 is 10.9 Å². The van der Waals surface area contributed by atoms with Crippen LogP contribution >= 0.6 is 0 Å². The van der Waals surface area contributed by atoms with Crippen molar-refractivity contribution in [3.63, 3.8) is 0 Å². The molecule has 2 rings (SSSR count). The van der Waals surface area contributed by atoms with Gasteiger partial charge in [-0.3, -0.25) is 14.6 Å². The first kappa shape index (κ1) is 19.6. The second-order valence-electron chi connectivity index (χ2n) is 5.52. The molecule has 0 aliphatic carbocycles. The summed E-state index contributed by atoms with van der Waals surface area (Å²) in [4.78, 5) is 29.3. The molecule has 0 saturated heterocycles. The van der Waals surface area contributed by atoms with Crippen LogP contribution in [0.25, 0.3) is 0 Å². The number of hydrogen-bond donors (Lipinski definition) is 2. The first-order valence-electron chi connectivity index (χ1n) is 7.17. The normalized spacial score (nSPS) is 13.3. The van der Waals surface area contributed by atoms with Crippen molar-refractivity contribution in [3.05, 3.63) is 57.5 Å². The second-order valence-corrected chi connectivity index (χ2v) is 7.45. The minimum Gasteiger partial charge on any atom is -0.344 e. The van der Waals surface area contributed by atoms with Crippen LogP contribution in [0.1, 0.15) is 34.6 Å². The molecule has 2 N–H and O–H groups in total. The van der Waals surface area contributed by atoms with Crippen LogP contribution in [0, 0.1) is 0 Å². The second kappa shape index (κ2) is 6.90. The lowest BCUT2D eigenvalue weighted by Gasteiger charge is -2.15. The number of amides is 1. The van der Waals surface area contributed by atoms with E-state index in [1.165, 1.54) is 19.1 Å². The van der Waals surface area contributed by atoms with Crippen molar-refractivity contribution in [2.24, 2.45) is 0 Å². The molecule has 7 nitrogen and oxygen atoms in total. The molecule has 1 heterocycles. The highest BCUT2D eigenvalue weighted by Crippen LogP contribution is 2.29. The van der Waals surface area contributed by atoms with Gasteiger partial charge in [-0.05, 0) is 24.6 Å². The van der Waals surface area contributed by atoms with Crippen LogP contribution in [-0.4, -0.2) is 30.5 Å². The number of rotatable bonds is 4. The lowest BCUT2D eigenvalue weighted by Crippen LogP contribution is -2.29. The number of halogens is 3. The number of benzene rings is 1. The standard InChI is InChI=1S/C15H14F3N3O4S/c1-8(9-3-5-10(6-4-9)15(16,17)18)19-13(23)11-7-12(22)21-14(20-11)26(2,24)25/h3-8H,1-2H3,(H,19,23)(H,20,21,22)/t8-/m1/s1. The highest BCUT2D eigenvalue weighted by Gasteiger charge is 2.30. The van der Waals surface area contributed by atoms with Gasteiger partial charge in [0, 0.05) is 12.3 Å². The maximum atomic E-state index is 12.6. The number of carbonyl (C=O) groups is 1. The summed E-state index contributed by atoms with van der Waals surface area (Å²) in [5, 5.41) is 1.79. The summed E-state index contributed by atoms with van der Waals surface area (Å²) in [6.45, 7) is 1.52. The number of nitrogens with one attached hydrogen (secondary N) is 2. The summed E-state index contributed by atoms with van der Waals surface area (Å²) in [6, 6.07) is 4.30. The Morgan fingerprint density at radius 1 is 1.23 bits per heavy atom. The number of sulfone groups is 1. The van der Waals surface area contributed by atoms with E-state index in [1.54, 1.807) is 0 Å². The molecule has 1 aromatic heterocycles. The van der Waals surface area contributed by atoms with E-state index < -0.39 is 49.9 Å². The number of nitrogens with zero attached hydrogens (tertiary/aromatic N) is 1. The summed E-state index contributed by atoms with van der Waals surface area (Å²) in [5.41, 5.74) is -1.69. The molecule has 0 bridgehead atoms. The molecule has 1 atom stereocenters. The number of hydrogen-bond acceptors (Lipinski definition) is 5. The van der Waals surface area contributed by atoms with Crippen molar-refractivity contribution in [3.8, 4) is 0 Å². The van der Waals surface area contributed by atoms with Crippen molar-refractivity contribution in [2.75, 3.05) is 6.26 Å². The molecule has 140 valence electrons. The molecule has 1 amide bonds. The molecule has 0 aliphatic heterocycles. The Morgan fingerprint density at radius 3 is 2.31 bits per heavy atom. The minimum absolute atomic E-state index is 0.388. The number of aromatic amines is 1. The Balaban J connectivity index is 2.22. The van der Waals surface area contributed by atoms with E-state index >= 15 is 0 Å². The smallest absolute Gasteiger partial charge is 0.344 e. The van der Waals surface area contributed by atoms with Gasteiger partial charge in [0.15, 0.2) is 0 Å². The van der Waals surface area contributed by atoms with Gasteiger partial charge in [0.1, 0.15) is 5.69 Å². The SMILES string of the molecule is C[C@@H](NC(=O)c1cc(=O)[nH]c(S(C)(=O)=O)n1)c1ccc(C(F)(F)F)cc1. The Kier molecular flexibility index (Phi) is 5.21. The first-order valence-corrected chi connectivity index (χ1v) is 9.06. The predicted octanol–water partition coefficient (Wildman–Crippen LogP) is 1.68. The Labute approximate surface area is 146 Å². The molecule has 26 heavy (non-hydrogen) atoms. The van der Waals surface area contributed by atoms with Crippen molar-refractivity contribution in [1.82, 2.24) is 15.3 Å². The average molecular weight is 389 g/mol. The first-order chi connectivity index (χ1) is 11.9. The molecule has 0 spiro atoms. The van der Waals surface area contributed by atoms with Crippen LogP contribution in [0.2, 0.25) is 0 Å². The molecule has 0 aliphatic rings. The lowest BCUT2D eigenvalue weighted by molar-refractivity contribution is -0.137. The molecule has 0 unspecified atom stereocenters. The van der Waals surface area contributed by atoms with E-state index in [0.29, 0.717) is 5.56 Å². The van der Waals surface area contributed by atoms with Crippen molar-refractivity contribution in [1.29, 1.82) is 0 Å². The molecule has 0 saturated carbocycles. The number of aromatic nitrogens is 2. The topological polar surface area (TPSA) is 109 Å². The average Bonchev–Trinajstić information content (AvgIpc) is 2.52. The molecular weight excluding hydrogens is 375 g/mol. The van der Waals surface area contributed by atoms with Crippen LogP contribution in [0.3, 0.4) is 0 Å². The van der Waals surface area contributed by atoms with Crippen LogP contribution in [0.4, 0.5) is 13.2 Å². The van der Waals surface area contributed by atoms with Crippen molar-refractivity contribution >= 4 is 15.7 Å². The third-order valence-corrected chi connectivity index (χ3v) is 4.29.